The third kappa shape index (κ3) is 5.83. The van der Waals surface area contributed by atoms with Crippen LogP contribution in [0.2, 0.25) is 0 Å². The van der Waals surface area contributed by atoms with Gasteiger partial charge in [0.1, 0.15) is 11.2 Å². The number of rotatable bonds is 6. The first-order valence-corrected chi connectivity index (χ1v) is 19.2. The van der Waals surface area contributed by atoms with Gasteiger partial charge in [0.25, 0.3) is 0 Å². The summed E-state index contributed by atoms with van der Waals surface area (Å²) >= 11 is 0. The molecule has 0 atom stereocenters. The van der Waals surface area contributed by atoms with Crippen LogP contribution in [0.4, 0.5) is 0 Å². The molecular weight excluding hydrogens is 695 g/mol. The van der Waals surface area contributed by atoms with Gasteiger partial charge in [0, 0.05) is 21.9 Å². The van der Waals surface area contributed by atoms with Crippen LogP contribution in [0, 0.1) is 0 Å². The van der Waals surface area contributed by atoms with E-state index >= 15 is 0 Å². The van der Waals surface area contributed by atoms with Crippen LogP contribution in [0.15, 0.2) is 205 Å². The smallest absolute Gasteiger partial charge is 0.167 e. The molecule has 11 rings (SSSR count). The molecule has 266 valence electrons. The molecule has 0 unspecified atom stereocenters. The van der Waals surface area contributed by atoms with Gasteiger partial charge in [-0.05, 0) is 73.1 Å². The lowest BCUT2D eigenvalue weighted by molar-refractivity contribution is 0.669. The normalized spacial score (nSPS) is 11.5. The maximum absolute atomic E-state index is 6.50. The van der Waals surface area contributed by atoms with Crippen molar-refractivity contribution in [2.45, 2.75) is 0 Å². The van der Waals surface area contributed by atoms with Crippen LogP contribution >= 0.6 is 0 Å². The predicted molar refractivity (Wildman–Crippen MR) is 235 cm³/mol. The van der Waals surface area contributed by atoms with Crippen LogP contribution < -0.4 is 0 Å². The Morgan fingerprint density at radius 1 is 0.281 bits per heavy atom. The molecular formula is C53H33N3O. The summed E-state index contributed by atoms with van der Waals surface area (Å²) in [5.41, 5.74) is 11.2. The maximum Gasteiger partial charge on any atom is 0.167 e. The van der Waals surface area contributed by atoms with E-state index in [9.17, 15) is 0 Å². The Labute approximate surface area is 329 Å². The van der Waals surface area contributed by atoms with E-state index < -0.39 is 0 Å². The number of furan rings is 1. The summed E-state index contributed by atoms with van der Waals surface area (Å²) in [5, 5.41) is 6.70. The largest absolute Gasteiger partial charge is 0.455 e. The monoisotopic (exact) mass is 727 g/mol. The van der Waals surface area contributed by atoms with Crippen LogP contribution in [0.3, 0.4) is 0 Å². The van der Waals surface area contributed by atoms with Crippen molar-refractivity contribution in [2.75, 3.05) is 0 Å². The molecule has 11 aromatic rings. The summed E-state index contributed by atoms with van der Waals surface area (Å²) < 4.78 is 6.50. The van der Waals surface area contributed by atoms with Crippen LogP contribution in [0.1, 0.15) is 0 Å². The highest BCUT2D eigenvalue weighted by Crippen LogP contribution is 2.38. The zero-order valence-electron chi connectivity index (χ0n) is 30.8. The minimum Gasteiger partial charge on any atom is -0.455 e. The van der Waals surface area contributed by atoms with Crippen molar-refractivity contribution in [1.29, 1.82) is 0 Å². The SMILES string of the molecule is c1ccc(-c2ccc(-c3ccc4cccc(-c5nc(-c6ccc(-c7cccc8ccccc78)cc6)nc(-c6cccc7c6oc6ccccc67)n5)c4c3)cc2)cc1. The van der Waals surface area contributed by atoms with E-state index in [-0.39, 0.29) is 0 Å². The lowest BCUT2D eigenvalue weighted by Crippen LogP contribution is -2.01. The molecule has 0 bridgehead atoms. The van der Waals surface area contributed by atoms with Gasteiger partial charge < -0.3 is 4.42 Å². The standard InChI is InChI=1S/C53H33N3O/c1-2-11-34(12-3-1)35-23-25-36(26-24-35)41-32-29-38-15-9-20-46(48(38)33-41)52-54-51(40-30-27-39(28-31-40)43-18-8-14-37-13-4-5-16-42(37)43)55-53(56-52)47-21-10-19-45-44-17-6-7-22-49(44)57-50(45)47/h1-33H. The van der Waals surface area contributed by atoms with Gasteiger partial charge in [-0.2, -0.15) is 0 Å². The quantitative estimate of drug-likeness (QED) is 0.171. The zero-order valence-corrected chi connectivity index (χ0v) is 30.8. The van der Waals surface area contributed by atoms with Crippen molar-refractivity contribution < 1.29 is 4.42 Å². The Kier molecular flexibility index (Phi) is 7.78. The molecule has 0 saturated carbocycles. The van der Waals surface area contributed by atoms with Crippen molar-refractivity contribution in [1.82, 2.24) is 15.0 Å². The summed E-state index contributed by atoms with van der Waals surface area (Å²) in [4.78, 5) is 15.6. The van der Waals surface area contributed by atoms with Crippen LogP contribution in [-0.4, -0.2) is 15.0 Å². The number of hydrogen-bond acceptors (Lipinski definition) is 4. The molecule has 57 heavy (non-hydrogen) atoms. The Morgan fingerprint density at radius 2 is 0.789 bits per heavy atom. The molecule has 0 aliphatic heterocycles. The van der Waals surface area contributed by atoms with E-state index in [1.54, 1.807) is 0 Å². The molecule has 2 aromatic heterocycles. The van der Waals surface area contributed by atoms with Crippen molar-refractivity contribution in [3.63, 3.8) is 0 Å². The molecule has 9 aromatic carbocycles. The second kappa shape index (κ2) is 13.6. The molecule has 4 nitrogen and oxygen atoms in total. The van der Waals surface area contributed by atoms with Crippen LogP contribution in [0.25, 0.3) is 111 Å². The van der Waals surface area contributed by atoms with Crippen LogP contribution in [-0.2, 0) is 0 Å². The van der Waals surface area contributed by atoms with E-state index in [1.807, 2.05) is 30.3 Å². The Balaban J connectivity index is 1.07. The number of nitrogens with zero attached hydrogens (tertiary/aromatic N) is 3. The van der Waals surface area contributed by atoms with Gasteiger partial charge in [-0.15, -0.1) is 0 Å². The molecule has 0 aliphatic rings. The Morgan fingerprint density at radius 3 is 1.60 bits per heavy atom. The first-order chi connectivity index (χ1) is 28.2. The second-order valence-electron chi connectivity index (χ2n) is 14.4. The third-order valence-corrected chi connectivity index (χ3v) is 11.0. The average Bonchev–Trinajstić information content (AvgIpc) is 3.68. The molecule has 4 heteroatoms. The fourth-order valence-corrected chi connectivity index (χ4v) is 8.08. The summed E-state index contributed by atoms with van der Waals surface area (Å²) in [6.07, 6.45) is 0. The van der Waals surface area contributed by atoms with Gasteiger partial charge in [0.15, 0.2) is 17.5 Å². The molecule has 0 fully saturated rings. The first kappa shape index (κ1) is 32.7. The first-order valence-electron chi connectivity index (χ1n) is 19.2. The summed E-state index contributed by atoms with van der Waals surface area (Å²) in [6.45, 7) is 0. The minimum absolute atomic E-state index is 0.558. The van der Waals surface area contributed by atoms with E-state index in [0.29, 0.717) is 17.5 Å². The predicted octanol–water partition coefficient (Wildman–Crippen LogP) is 14.1. The van der Waals surface area contributed by atoms with E-state index in [0.717, 1.165) is 66.1 Å². The van der Waals surface area contributed by atoms with Gasteiger partial charge in [-0.25, -0.2) is 15.0 Å². The number of para-hydroxylation sites is 2. The lowest BCUT2D eigenvalue weighted by atomic mass is 9.96. The van der Waals surface area contributed by atoms with Crippen molar-refractivity contribution >= 4 is 43.5 Å². The fraction of sp³-hybridized carbons (Fsp3) is 0. The Bertz CT molecular complexity index is 3270. The lowest BCUT2D eigenvalue weighted by Gasteiger charge is -2.12. The average molecular weight is 728 g/mol. The highest BCUT2D eigenvalue weighted by atomic mass is 16.3. The van der Waals surface area contributed by atoms with E-state index in [2.05, 4.69) is 170 Å². The van der Waals surface area contributed by atoms with Gasteiger partial charge in [-0.3, -0.25) is 0 Å². The fourth-order valence-electron chi connectivity index (χ4n) is 8.08. The van der Waals surface area contributed by atoms with Crippen molar-refractivity contribution in [3.05, 3.63) is 200 Å². The van der Waals surface area contributed by atoms with Crippen molar-refractivity contribution in [2.24, 2.45) is 0 Å². The molecule has 0 aliphatic carbocycles. The minimum atomic E-state index is 0.558. The highest BCUT2D eigenvalue weighted by molar-refractivity contribution is 6.09. The van der Waals surface area contributed by atoms with E-state index in [1.165, 1.54) is 27.5 Å². The highest BCUT2D eigenvalue weighted by Gasteiger charge is 2.19. The third-order valence-electron chi connectivity index (χ3n) is 11.0. The van der Waals surface area contributed by atoms with Gasteiger partial charge in [-0.1, -0.05) is 182 Å². The summed E-state index contributed by atoms with van der Waals surface area (Å²) in [7, 11) is 0. The zero-order chi connectivity index (χ0) is 37.7. The number of aromatic nitrogens is 3. The van der Waals surface area contributed by atoms with Gasteiger partial charge >= 0.3 is 0 Å². The summed E-state index contributed by atoms with van der Waals surface area (Å²) in [5.74, 6) is 1.75. The van der Waals surface area contributed by atoms with Gasteiger partial charge in [0.2, 0.25) is 0 Å². The number of fused-ring (bicyclic) bond motifs is 5. The van der Waals surface area contributed by atoms with E-state index in [4.69, 9.17) is 19.4 Å². The molecule has 0 radical (unpaired) electrons. The van der Waals surface area contributed by atoms with Crippen molar-refractivity contribution in [3.8, 4) is 67.5 Å². The topological polar surface area (TPSA) is 51.8 Å². The molecule has 0 spiro atoms. The van der Waals surface area contributed by atoms with Crippen LogP contribution in [0.5, 0.6) is 0 Å². The number of hydrogen-bond donors (Lipinski definition) is 0. The summed E-state index contributed by atoms with van der Waals surface area (Å²) in [6, 6.07) is 70.0. The molecule has 2 heterocycles. The number of benzene rings is 9. The maximum atomic E-state index is 6.50. The van der Waals surface area contributed by atoms with Gasteiger partial charge in [0.05, 0.1) is 5.56 Å². The molecule has 0 N–H and O–H groups in total. The molecule has 0 saturated heterocycles. The second-order valence-corrected chi connectivity index (χ2v) is 14.4. The Hall–Kier alpha value is -7.69. The molecule has 0 amide bonds.